The smallest absolute Gasteiger partial charge is 0.140 e. The third-order valence-corrected chi connectivity index (χ3v) is 5.93. The van der Waals surface area contributed by atoms with Crippen molar-refractivity contribution in [1.82, 2.24) is 0 Å². The highest BCUT2D eigenvalue weighted by atomic mass is 35.5. The van der Waals surface area contributed by atoms with Gasteiger partial charge in [-0.3, -0.25) is 0 Å². The summed E-state index contributed by atoms with van der Waals surface area (Å²) in [6.45, 7) is 2.96. The van der Waals surface area contributed by atoms with Crippen LogP contribution in [0.25, 0.3) is 0 Å². The van der Waals surface area contributed by atoms with E-state index in [1.54, 1.807) is 12.1 Å². The maximum absolute atomic E-state index is 6.11. The highest BCUT2D eigenvalue weighted by Crippen LogP contribution is 2.32. The molecule has 0 aliphatic heterocycles. The first kappa shape index (κ1) is 28.7. The highest BCUT2D eigenvalue weighted by molar-refractivity contribution is 6.37. The van der Waals surface area contributed by atoms with Gasteiger partial charge in [-0.05, 0) is 12.5 Å². The normalized spacial score (nSPS) is 10.7. The van der Waals surface area contributed by atoms with Gasteiger partial charge in [0.2, 0.25) is 0 Å². The van der Waals surface area contributed by atoms with Gasteiger partial charge < -0.3 is 10.5 Å². The van der Waals surface area contributed by atoms with Crippen molar-refractivity contribution in [2.45, 2.75) is 110 Å². The first-order chi connectivity index (χ1) is 13.6. The predicted octanol–water partition coefficient (Wildman–Crippen LogP) is 9.64. The van der Waals surface area contributed by atoms with Gasteiger partial charge in [0, 0.05) is 6.07 Å². The van der Waals surface area contributed by atoms with E-state index < -0.39 is 0 Å². The molecular weight excluding hydrogens is 425 g/mol. The first-order valence-corrected chi connectivity index (χ1v) is 12.3. The van der Waals surface area contributed by atoms with E-state index in [0.29, 0.717) is 28.1 Å². The van der Waals surface area contributed by atoms with Crippen LogP contribution in [-0.2, 0) is 0 Å². The van der Waals surface area contributed by atoms with Gasteiger partial charge >= 0.3 is 0 Å². The van der Waals surface area contributed by atoms with Gasteiger partial charge in [-0.15, -0.1) is 12.4 Å². The molecule has 0 aliphatic rings. The summed E-state index contributed by atoms with van der Waals surface area (Å²) in [7, 11) is 0. The number of hydrogen-bond acceptors (Lipinski definition) is 2. The number of hydrogen-bond donors (Lipinski definition) is 1. The molecule has 0 atom stereocenters. The molecule has 0 saturated heterocycles. The van der Waals surface area contributed by atoms with Crippen LogP contribution in [0.15, 0.2) is 12.1 Å². The van der Waals surface area contributed by atoms with E-state index in [4.69, 9.17) is 33.7 Å². The fraction of sp³-hybridized carbons (Fsp3) is 0.750. The van der Waals surface area contributed by atoms with Crippen molar-refractivity contribution in [1.29, 1.82) is 0 Å². The lowest BCUT2D eigenvalue weighted by Gasteiger charge is -2.09. The second kappa shape index (κ2) is 19.6. The van der Waals surface area contributed by atoms with Crippen LogP contribution < -0.4 is 10.5 Å². The molecule has 0 saturated carbocycles. The Labute approximate surface area is 195 Å². The Morgan fingerprint density at radius 2 is 1.07 bits per heavy atom. The van der Waals surface area contributed by atoms with E-state index in [1.165, 1.54) is 96.3 Å². The number of anilines is 1. The number of benzene rings is 1. The van der Waals surface area contributed by atoms with E-state index in [2.05, 4.69) is 6.92 Å². The van der Waals surface area contributed by atoms with Crippen LogP contribution in [0.1, 0.15) is 110 Å². The minimum Gasteiger partial charge on any atom is -0.492 e. The van der Waals surface area contributed by atoms with E-state index in [-0.39, 0.29) is 12.4 Å². The summed E-state index contributed by atoms with van der Waals surface area (Å²) >= 11 is 12.0. The number of halogens is 3. The van der Waals surface area contributed by atoms with Crippen LogP contribution in [-0.4, -0.2) is 6.61 Å². The van der Waals surface area contributed by atoms with Crippen LogP contribution in [0.5, 0.6) is 5.75 Å². The zero-order valence-corrected chi connectivity index (χ0v) is 20.7. The Morgan fingerprint density at radius 3 is 1.52 bits per heavy atom. The highest BCUT2D eigenvalue weighted by Gasteiger charge is 2.06. The van der Waals surface area contributed by atoms with Crippen molar-refractivity contribution in [2.24, 2.45) is 0 Å². The monoisotopic (exact) mass is 465 g/mol. The summed E-state index contributed by atoms with van der Waals surface area (Å²) in [6.07, 6.45) is 21.9. The van der Waals surface area contributed by atoms with E-state index in [9.17, 15) is 0 Å². The standard InChI is InChI=1S/C24H41Cl2NO.ClH/c1-2-3-4-5-6-7-8-9-10-11-12-13-14-15-16-17-18-28-24-20-23(27)21(25)19-22(24)26;/h19-20H,2-18,27H2,1H3;1H. The molecular formula is C24H42Cl3NO. The molecule has 170 valence electrons. The Morgan fingerprint density at radius 1 is 0.655 bits per heavy atom. The van der Waals surface area contributed by atoms with Crippen molar-refractivity contribution in [3.8, 4) is 5.75 Å². The summed E-state index contributed by atoms with van der Waals surface area (Å²) in [5, 5.41) is 0.996. The Balaban J connectivity index is 0.00000784. The van der Waals surface area contributed by atoms with Gasteiger partial charge in [-0.2, -0.15) is 0 Å². The molecule has 1 aromatic carbocycles. The molecule has 0 unspecified atom stereocenters. The fourth-order valence-electron chi connectivity index (χ4n) is 3.49. The summed E-state index contributed by atoms with van der Waals surface area (Å²) in [5.74, 6) is 0.629. The van der Waals surface area contributed by atoms with Gasteiger partial charge in [0.1, 0.15) is 5.75 Å². The number of nitrogens with two attached hydrogens (primary N) is 1. The van der Waals surface area contributed by atoms with Crippen LogP contribution in [0.2, 0.25) is 10.0 Å². The Kier molecular flexibility index (Phi) is 19.4. The maximum atomic E-state index is 6.11. The van der Waals surface area contributed by atoms with Crippen molar-refractivity contribution in [2.75, 3.05) is 12.3 Å². The average Bonchev–Trinajstić information content (AvgIpc) is 2.68. The third-order valence-electron chi connectivity index (χ3n) is 5.31. The fourth-order valence-corrected chi connectivity index (χ4v) is 3.93. The molecule has 0 aliphatic carbocycles. The molecule has 0 aromatic heterocycles. The Bertz CT molecular complexity index is 511. The molecule has 1 rings (SSSR count). The molecule has 29 heavy (non-hydrogen) atoms. The lowest BCUT2D eigenvalue weighted by molar-refractivity contribution is 0.304. The number of unbranched alkanes of at least 4 members (excludes halogenated alkanes) is 15. The van der Waals surface area contributed by atoms with E-state index in [0.717, 1.165) is 6.42 Å². The summed E-state index contributed by atoms with van der Waals surface area (Å²) in [6, 6.07) is 3.35. The molecule has 0 radical (unpaired) electrons. The second-order valence-electron chi connectivity index (χ2n) is 7.96. The van der Waals surface area contributed by atoms with Crippen LogP contribution in [0, 0.1) is 0 Å². The molecule has 0 heterocycles. The zero-order chi connectivity index (χ0) is 20.5. The average molecular weight is 467 g/mol. The minimum absolute atomic E-state index is 0. The van der Waals surface area contributed by atoms with Gasteiger partial charge in [0.15, 0.2) is 0 Å². The van der Waals surface area contributed by atoms with Crippen LogP contribution >= 0.6 is 35.6 Å². The summed E-state index contributed by atoms with van der Waals surface area (Å²) in [5.41, 5.74) is 6.29. The van der Waals surface area contributed by atoms with Crippen LogP contribution in [0.4, 0.5) is 5.69 Å². The molecule has 0 spiro atoms. The largest absolute Gasteiger partial charge is 0.492 e. The van der Waals surface area contributed by atoms with Gasteiger partial charge in [0.05, 0.1) is 22.3 Å². The Hall–Kier alpha value is -0.310. The van der Waals surface area contributed by atoms with Gasteiger partial charge in [0.25, 0.3) is 0 Å². The third kappa shape index (κ3) is 15.2. The van der Waals surface area contributed by atoms with Crippen molar-refractivity contribution < 1.29 is 4.74 Å². The molecule has 0 bridgehead atoms. The zero-order valence-electron chi connectivity index (χ0n) is 18.3. The predicted molar refractivity (Wildman–Crippen MR) is 133 cm³/mol. The van der Waals surface area contributed by atoms with Crippen molar-refractivity contribution >= 4 is 41.3 Å². The second-order valence-corrected chi connectivity index (χ2v) is 8.77. The van der Waals surface area contributed by atoms with E-state index >= 15 is 0 Å². The van der Waals surface area contributed by atoms with Crippen molar-refractivity contribution in [3.63, 3.8) is 0 Å². The lowest BCUT2D eigenvalue weighted by Crippen LogP contribution is -1.99. The number of nitrogen functional groups attached to an aromatic ring is 1. The SMILES string of the molecule is CCCCCCCCCCCCCCCCCCOc1cc(N)c(Cl)cc1Cl.Cl. The summed E-state index contributed by atoms with van der Waals surface area (Å²) in [4.78, 5) is 0. The van der Waals surface area contributed by atoms with Crippen molar-refractivity contribution in [3.05, 3.63) is 22.2 Å². The van der Waals surface area contributed by atoms with Crippen LogP contribution in [0.3, 0.4) is 0 Å². The lowest BCUT2D eigenvalue weighted by atomic mass is 10.0. The summed E-state index contributed by atoms with van der Waals surface area (Å²) < 4.78 is 5.72. The minimum atomic E-state index is 0. The quantitative estimate of drug-likeness (QED) is 0.172. The van der Waals surface area contributed by atoms with E-state index in [1.807, 2.05) is 0 Å². The van der Waals surface area contributed by atoms with Gasteiger partial charge in [-0.25, -0.2) is 0 Å². The molecule has 0 fully saturated rings. The molecule has 1 aromatic rings. The molecule has 2 N–H and O–H groups in total. The molecule has 0 amide bonds. The topological polar surface area (TPSA) is 35.2 Å². The number of ether oxygens (including phenoxy) is 1. The van der Waals surface area contributed by atoms with Gasteiger partial charge in [-0.1, -0.05) is 126 Å². The number of rotatable bonds is 18. The molecule has 2 nitrogen and oxygen atoms in total. The first-order valence-electron chi connectivity index (χ1n) is 11.5. The molecule has 5 heteroatoms. The maximum Gasteiger partial charge on any atom is 0.140 e.